The van der Waals surface area contributed by atoms with E-state index in [1.54, 1.807) is 37.3 Å². The van der Waals surface area contributed by atoms with E-state index in [0.717, 1.165) is 37.4 Å². The minimum Gasteiger partial charge on any atom is -0.486 e. The fraction of sp³-hybridized carbons (Fsp3) is 0.387. The second-order valence-corrected chi connectivity index (χ2v) is 10.9. The Labute approximate surface area is 248 Å². The van der Waals surface area contributed by atoms with E-state index in [2.05, 4.69) is 4.90 Å². The fourth-order valence-electron chi connectivity index (χ4n) is 5.14. The summed E-state index contributed by atoms with van der Waals surface area (Å²) in [4.78, 5) is 24.1. The van der Waals surface area contributed by atoms with Gasteiger partial charge in [0.1, 0.15) is 42.3 Å². The largest absolute Gasteiger partial charge is 0.486 e. The van der Waals surface area contributed by atoms with Crippen LogP contribution in [-0.4, -0.2) is 58.4 Å². The molecule has 1 fully saturated rings. The number of aryl methyl sites for hydroxylation is 1. The molecule has 1 saturated heterocycles. The van der Waals surface area contributed by atoms with Gasteiger partial charge in [-0.25, -0.2) is 23.5 Å². The number of carbonyl (C=O) groups excluding carboxylic acids is 1. The van der Waals surface area contributed by atoms with Crippen molar-refractivity contribution in [1.82, 2.24) is 19.4 Å². The van der Waals surface area contributed by atoms with E-state index in [0.29, 0.717) is 45.4 Å². The van der Waals surface area contributed by atoms with E-state index in [1.165, 1.54) is 13.2 Å². The van der Waals surface area contributed by atoms with Gasteiger partial charge < -0.3 is 18.8 Å². The normalized spacial score (nSPS) is 15.1. The number of alkyl halides is 1. The van der Waals surface area contributed by atoms with Crippen molar-refractivity contribution in [2.45, 2.75) is 44.9 Å². The van der Waals surface area contributed by atoms with Crippen LogP contribution in [0.4, 0.5) is 8.78 Å². The zero-order chi connectivity index (χ0) is 29.8. The maximum Gasteiger partial charge on any atom is 0.338 e. The molecule has 1 unspecified atom stereocenters. The highest BCUT2D eigenvalue weighted by atomic mass is 35.5. The van der Waals surface area contributed by atoms with Crippen LogP contribution in [0, 0.1) is 5.82 Å². The fourth-order valence-corrected chi connectivity index (χ4v) is 5.29. The second kappa shape index (κ2) is 13.0. The number of imidazole rings is 1. The van der Waals surface area contributed by atoms with Crippen molar-refractivity contribution in [3.8, 4) is 11.6 Å². The van der Waals surface area contributed by atoms with Gasteiger partial charge in [0, 0.05) is 35.3 Å². The molecule has 5 rings (SSSR count). The Morgan fingerprint density at radius 1 is 1.14 bits per heavy atom. The first kappa shape index (κ1) is 29.7. The molecule has 2 aromatic carbocycles. The highest BCUT2D eigenvalue weighted by Crippen LogP contribution is 2.32. The third-order valence-corrected chi connectivity index (χ3v) is 7.75. The average molecular weight is 599 g/mol. The molecule has 0 bridgehead atoms. The van der Waals surface area contributed by atoms with Gasteiger partial charge in [-0.1, -0.05) is 23.7 Å². The maximum absolute atomic E-state index is 14.1. The molecule has 1 atom stereocenters. The van der Waals surface area contributed by atoms with Gasteiger partial charge in [0.25, 0.3) is 0 Å². The number of nitrogens with zero attached hydrogens (tertiary/aromatic N) is 4. The number of methoxy groups -OCH3 is 1. The molecule has 0 aliphatic carbocycles. The third-order valence-electron chi connectivity index (χ3n) is 7.52. The van der Waals surface area contributed by atoms with Crippen LogP contribution in [0.1, 0.15) is 53.1 Å². The monoisotopic (exact) mass is 598 g/mol. The topological polar surface area (TPSA) is 78.7 Å². The molecule has 11 heteroatoms. The molecule has 0 saturated carbocycles. The third kappa shape index (κ3) is 6.65. The first-order chi connectivity index (χ1) is 20.2. The Hall–Kier alpha value is -3.76. The number of piperidine rings is 1. The van der Waals surface area contributed by atoms with Crippen LogP contribution in [0.5, 0.6) is 11.6 Å². The summed E-state index contributed by atoms with van der Waals surface area (Å²) in [6.07, 6.45) is 1.13. The number of rotatable bonds is 10. The molecule has 8 nitrogen and oxygen atoms in total. The van der Waals surface area contributed by atoms with Gasteiger partial charge in [-0.05, 0) is 63.2 Å². The summed E-state index contributed by atoms with van der Waals surface area (Å²) in [6, 6.07) is 13.5. The number of pyridine rings is 1. The molecule has 1 aliphatic rings. The van der Waals surface area contributed by atoms with Gasteiger partial charge in [0.2, 0.25) is 5.88 Å². The number of benzene rings is 2. The molecule has 0 N–H and O–H groups in total. The van der Waals surface area contributed by atoms with Crippen LogP contribution in [0.2, 0.25) is 5.02 Å². The molecule has 4 aromatic rings. The summed E-state index contributed by atoms with van der Waals surface area (Å²) in [6.45, 7) is 3.31. The quantitative estimate of drug-likeness (QED) is 0.200. The van der Waals surface area contributed by atoms with Crippen molar-refractivity contribution < 1.29 is 27.8 Å². The summed E-state index contributed by atoms with van der Waals surface area (Å²) in [5, 5.41) is 0.341. The van der Waals surface area contributed by atoms with Gasteiger partial charge in [-0.3, -0.25) is 4.90 Å². The summed E-state index contributed by atoms with van der Waals surface area (Å²) < 4.78 is 45.7. The lowest BCUT2D eigenvalue weighted by molar-refractivity contribution is 0.0600. The number of carbonyl (C=O) groups is 1. The van der Waals surface area contributed by atoms with E-state index < -0.39 is 24.6 Å². The molecule has 2 aromatic heterocycles. The number of aromatic nitrogens is 3. The van der Waals surface area contributed by atoms with Gasteiger partial charge in [-0.2, -0.15) is 0 Å². The SMILES string of the molecule is COC(=O)c1cc(OC(C)CF)c2nc(CN3CCC(c4cccc(OCc5ccc(Cl)cc5F)n4)CC3)n(C)c2c1. The summed E-state index contributed by atoms with van der Waals surface area (Å²) in [7, 11) is 3.21. The minimum absolute atomic E-state index is 0.0660. The number of fused-ring (bicyclic) bond motifs is 1. The maximum atomic E-state index is 14.1. The lowest BCUT2D eigenvalue weighted by atomic mass is 9.93. The van der Waals surface area contributed by atoms with Crippen molar-refractivity contribution in [2.24, 2.45) is 7.05 Å². The Morgan fingerprint density at radius 2 is 1.93 bits per heavy atom. The molecule has 222 valence electrons. The van der Waals surface area contributed by atoms with Gasteiger partial charge in [-0.15, -0.1) is 0 Å². The summed E-state index contributed by atoms with van der Waals surface area (Å²) in [5.74, 6) is 0.975. The lowest BCUT2D eigenvalue weighted by Crippen LogP contribution is -2.33. The minimum atomic E-state index is -0.679. The summed E-state index contributed by atoms with van der Waals surface area (Å²) >= 11 is 5.84. The van der Waals surface area contributed by atoms with E-state index >= 15 is 0 Å². The molecule has 0 amide bonds. The van der Waals surface area contributed by atoms with E-state index in [9.17, 15) is 13.6 Å². The number of esters is 1. The highest BCUT2D eigenvalue weighted by molar-refractivity contribution is 6.30. The van der Waals surface area contributed by atoms with Crippen LogP contribution >= 0.6 is 11.6 Å². The Bertz CT molecular complexity index is 1570. The van der Waals surface area contributed by atoms with Crippen molar-refractivity contribution in [2.75, 3.05) is 26.9 Å². The van der Waals surface area contributed by atoms with Crippen LogP contribution in [0.25, 0.3) is 11.0 Å². The van der Waals surface area contributed by atoms with Crippen molar-refractivity contribution in [3.63, 3.8) is 0 Å². The summed E-state index contributed by atoms with van der Waals surface area (Å²) in [5.41, 5.74) is 2.97. The van der Waals surface area contributed by atoms with E-state index in [-0.39, 0.29) is 12.5 Å². The Balaban J connectivity index is 1.25. The van der Waals surface area contributed by atoms with E-state index in [4.69, 9.17) is 35.8 Å². The van der Waals surface area contributed by atoms with Crippen LogP contribution in [-0.2, 0) is 24.9 Å². The number of ether oxygens (including phenoxy) is 3. The molecule has 1 aliphatic heterocycles. The van der Waals surface area contributed by atoms with Crippen LogP contribution < -0.4 is 9.47 Å². The zero-order valence-electron chi connectivity index (χ0n) is 23.8. The first-order valence-electron chi connectivity index (χ1n) is 13.8. The van der Waals surface area contributed by atoms with Crippen molar-refractivity contribution in [3.05, 3.63) is 82.0 Å². The number of likely N-dealkylation sites (tertiary alicyclic amines) is 1. The van der Waals surface area contributed by atoms with Gasteiger partial charge in [0.05, 0.1) is 24.7 Å². The molecule has 0 radical (unpaired) electrons. The first-order valence-corrected chi connectivity index (χ1v) is 14.2. The Morgan fingerprint density at radius 3 is 2.64 bits per heavy atom. The molecule has 42 heavy (non-hydrogen) atoms. The predicted molar refractivity (Wildman–Crippen MR) is 155 cm³/mol. The number of hydrogen-bond acceptors (Lipinski definition) is 7. The van der Waals surface area contributed by atoms with Gasteiger partial charge >= 0.3 is 5.97 Å². The zero-order valence-corrected chi connectivity index (χ0v) is 24.5. The standard InChI is InChI=1S/C31H33ClF2N4O4/c1-19(16-33)42-27-14-22(31(39)40-3)13-26-30(27)36-28(37(26)2)17-38-11-9-20(10-12-38)25-5-4-6-29(35-25)41-18-21-7-8-23(32)15-24(21)34/h4-8,13-15,19-20H,9-12,16-18H2,1-3H3. The van der Waals surface area contributed by atoms with E-state index in [1.807, 2.05) is 23.7 Å². The average Bonchev–Trinajstić information content (AvgIpc) is 3.31. The van der Waals surface area contributed by atoms with Gasteiger partial charge in [0.15, 0.2) is 0 Å². The van der Waals surface area contributed by atoms with Crippen molar-refractivity contribution in [1.29, 1.82) is 0 Å². The molecular weight excluding hydrogens is 566 g/mol. The lowest BCUT2D eigenvalue weighted by Gasteiger charge is -2.31. The Kier molecular flexibility index (Phi) is 9.23. The number of hydrogen-bond donors (Lipinski definition) is 0. The second-order valence-electron chi connectivity index (χ2n) is 10.5. The van der Waals surface area contributed by atoms with Crippen LogP contribution in [0.15, 0.2) is 48.5 Å². The number of halogens is 3. The predicted octanol–water partition coefficient (Wildman–Crippen LogP) is 6.24. The smallest absolute Gasteiger partial charge is 0.338 e. The molecule has 3 heterocycles. The van der Waals surface area contributed by atoms with Crippen molar-refractivity contribution >= 4 is 28.6 Å². The molecule has 0 spiro atoms. The molecular formula is C31H33ClF2N4O4. The highest BCUT2D eigenvalue weighted by Gasteiger charge is 2.25. The van der Waals surface area contributed by atoms with Crippen LogP contribution in [0.3, 0.4) is 0 Å².